The molecule has 3 heterocycles. The number of hydrogen-bond donors (Lipinski definition) is 0. The number of carbonyl (C=O) groups is 1. The Morgan fingerprint density at radius 1 is 0.968 bits per heavy atom. The van der Waals surface area contributed by atoms with Gasteiger partial charge in [0, 0.05) is 43.8 Å². The lowest BCUT2D eigenvalue weighted by molar-refractivity contribution is 0.0962. The van der Waals surface area contributed by atoms with Crippen LogP contribution in [-0.2, 0) is 6.42 Å². The SMILES string of the molecule is Cc1nc(N2CCN(c3ccccn3)CC2)nc2c1C(=O)CC(c1cccc(Cl)c1)C2. The highest BCUT2D eigenvalue weighted by molar-refractivity contribution is 6.30. The second-order valence-corrected chi connectivity index (χ2v) is 8.61. The number of nitrogens with zero attached hydrogens (tertiary/aromatic N) is 5. The van der Waals surface area contributed by atoms with Crippen LogP contribution in [0.3, 0.4) is 0 Å². The van der Waals surface area contributed by atoms with Crippen LogP contribution in [0.1, 0.15) is 39.6 Å². The molecule has 2 aliphatic rings. The van der Waals surface area contributed by atoms with Crippen molar-refractivity contribution in [1.29, 1.82) is 0 Å². The number of ketones is 1. The number of benzene rings is 1. The van der Waals surface area contributed by atoms with Crippen LogP contribution in [0.2, 0.25) is 5.02 Å². The first-order valence-corrected chi connectivity index (χ1v) is 11.0. The fraction of sp³-hybridized carbons (Fsp3) is 0.333. The molecule has 7 heteroatoms. The Morgan fingerprint density at radius 2 is 1.77 bits per heavy atom. The van der Waals surface area contributed by atoms with Gasteiger partial charge >= 0.3 is 0 Å². The number of anilines is 2. The Labute approximate surface area is 186 Å². The molecule has 5 rings (SSSR count). The fourth-order valence-electron chi connectivity index (χ4n) is 4.57. The van der Waals surface area contributed by atoms with E-state index in [0.717, 1.165) is 61.3 Å². The lowest BCUT2D eigenvalue weighted by atomic mass is 9.81. The van der Waals surface area contributed by atoms with Crippen LogP contribution in [0, 0.1) is 6.92 Å². The zero-order valence-electron chi connectivity index (χ0n) is 17.5. The standard InChI is InChI=1S/C24H24ClN5O/c1-16-23-20(14-18(15-21(23)31)17-5-4-6-19(25)13-17)28-24(27-16)30-11-9-29(10-12-30)22-7-2-3-8-26-22/h2-8,13,18H,9-12,14-15H2,1H3. The van der Waals surface area contributed by atoms with Crippen molar-refractivity contribution in [3.05, 3.63) is 76.2 Å². The lowest BCUT2D eigenvalue weighted by Gasteiger charge is -2.36. The highest BCUT2D eigenvalue weighted by Gasteiger charge is 2.31. The number of fused-ring (bicyclic) bond motifs is 1. The number of halogens is 1. The first-order valence-electron chi connectivity index (χ1n) is 10.7. The summed E-state index contributed by atoms with van der Waals surface area (Å²) in [6, 6.07) is 13.8. The van der Waals surface area contributed by atoms with E-state index in [9.17, 15) is 4.79 Å². The van der Waals surface area contributed by atoms with Gasteiger partial charge in [-0.15, -0.1) is 0 Å². The van der Waals surface area contributed by atoms with Gasteiger partial charge in [-0.05, 0) is 49.1 Å². The highest BCUT2D eigenvalue weighted by atomic mass is 35.5. The third kappa shape index (κ3) is 4.00. The van der Waals surface area contributed by atoms with Crippen LogP contribution in [0.25, 0.3) is 0 Å². The summed E-state index contributed by atoms with van der Waals surface area (Å²) in [5.74, 6) is 1.94. The Kier molecular flexibility index (Phi) is 5.32. The largest absolute Gasteiger partial charge is 0.353 e. The van der Waals surface area contributed by atoms with Crippen molar-refractivity contribution in [1.82, 2.24) is 15.0 Å². The monoisotopic (exact) mass is 433 g/mol. The van der Waals surface area contributed by atoms with Gasteiger partial charge in [-0.1, -0.05) is 29.8 Å². The summed E-state index contributed by atoms with van der Waals surface area (Å²) >= 11 is 6.18. The predicted molar refractivity (Wildman–Crippen MR) is 122 cm³/mol. The molecule has 0 saturated carbocycles. The Morgan fingerprint density at radius 3 is 2.52 bits per heavy atom. The van der Waals surface area contributed by atoms with Crippen molar-refractivity contribution >= 4 is 29.2 Å². The maximum absolute atomic E-state index is 12.9. The van der Waals surface area contributed by atoms with Crippen LogP contribution in [-0.4, -0.2) is 46.9 Å². The van der Waals surface area contributed by atoms with E-state index in [1.54, 1.807) is 0 Å². The molecule has 158 valence electrons. The van der Waals surface area contributed by atoms with E-state index in [0.29, 0.717) is 17.0 Å². The molecule has 1 atom stereocenters. The van der Waals surface area contributed by atoms with Crippen molar-refractivity contribution in [2.24, 2.45) is 0 Å². The van der Waals surface area contributed by atoms with Crippen molar-refractivity contribution in [2.45, 2.75) is 25.7 Å². The summed E-state index contributed by atoms with van der Waals surface area (Å²) in [6.07, 6.45) is 3.02. The van der Waals surface area contributed by atoms with Crippen molar-refractivity contribution in [2.75, 3.05) is 36.0 Å². The molecule has 6 nitrogen and oxygen atoms in total. The van der Waals surface area contributed by atoms with Gasteiger partial charge in [0.1, 0.15) is 5.82 Å². The molecule has 1 fully saturated rings. The number of piperazine rings is 1. The molecule has 0 amide bonds. The van der Waals surface area contributed by atoms with E-state index in [-0.39, 0.29) is 11.7 Å². The molecule has 2 aromatic heterocycles. The van der Waals surface area contributed by atoms with E-state index in [2.05, 4.69) is 14.8 Å². The van der Waals surface area contributed by atoms with Crippen LogP contribution in [0.5, 0.6) is 0 Å². The van der Waals surface area contributed by atoms with E-state index in [1.165, 1.54) is 0 Å². The zero-order valence-corrected chi connectivity index (χ0v) is 18.2. The van der Waals surface area contributed by atoms with Crippen LogP contribution in [0.4, 0.5) is 11.8 Å². The van der Waals surface area contributed by atoms with E-state index < -0.39 is 0 Å². The van der Waals surface area contributed by atoms with Gasteiger partial charge in [0.05, 0.1) is 17.0 Å². The first kappa shape index (κ1) is 19.9. The minimum atomic E-state index is 0.0989. The second kappa shape index (κ2) is 8.27. The Hall–Kier alpha value is -2.99. The first-order chi connectivity index (χ1) is 15.1. The number of aromatic nitrogens is 3. The molecule has 0 bridgehead atoms. The molecule has 0 radical (unpaired) electrons. The topological polar surface area (TPSA) is 62.2 Å². The van der Waals surface area contributed by atoms with Gasteiger partial charge in [0.15, 0.2) is 5.78 Å². The van der Waals surface area contributed by atoms with Crippen molar-refractivity contribution in [3.63, 3.8) is 0 Å². The number of hydrogen-bond acceptors (Lipinski definition) is 6. The van der Waals surface area contributed by atoms with Gasteiger partial charge in [-0.25, -0.2) is 15.0 Å². The molecular formula is C24H24ClN5O. The molecule has 31 heavy (non-hydrogen) atoms. The van der Waals surface area contributed by atoms with Crippen LogP contribution >= 0.6 is 11.6 Å². The summed E-state index contributed by atoms with van der Waals surface area (Å²) in [6.45, 7) is 5.29. The molecule has 1 saturated heterocycles. The van der Waals surface area contributed by atoms with E-state index in [4.69, 9.17) is 21.6 Å². The smallest absolute Gasteiger partial charge is 0.225 e. The van der Waals surface area contributed by atoms with E-state index in [1.807, 2.05) is 55.6 Å². The van der Waals surface area contributed by atoms with Crippen molar-refractivity contribution < 1.29 is 4.79 Å². The summed E-state index contributed by atoms with van der Waals surface area (Å²) in [4.78, 5) is 31.4. The minimum Gasteiger partial charge on any atom is -0.353 e. The lowest BCUT2D eigenvalue weighted by Crippen LogP contribution is -2.47. The van der Waals surface area contributed by atoms with Crippen molar-refractivity contribution in [3.8, 4) is 0 Å². The van der Waals surface area contributed by atoms with Gasteiger partial charge in [-0.3, -0.25) is 4.79 Å². The minimum absolute atomic E-state index is 0.0989. The number of aryl methyl sites for hydroxylation is 1. The number of rotatable bonds is 3. The molecular weight excluding hydrogens is 410 g/mol. The molecule has 1 unspecified atom stereocenters. The molecule has 3 aromatic rings. The van der Waals surface area contributed by atoms with Gasteiger partial charge < -0.3 is 9.80 Å². The normalized spacial score (nSPS) is 18.8. The quantitative estimate of drug-likeness (QED) is 0.620. The number of carbonyl (C=O) groups excluding carboxylic acids is 1. The maximum atomic E-state index is 12.9. The van der Waals surface area contributed by atoms with Gasteiger partial charge in [-0.2, -0.15) is 0 Å². The number of Topliss-reactive ketones (excluding diaryl/α,β-unsaturated/α-hetero) is 1. The van der Waals surface area contributed by atoms with Crippen LogP contribution < -0.4 is 9.80 Å². The summed E-state index contributed by atoms with van der Waals surface area (Å²) in [5.41, 5.74) is 3.43. The van der Waals surface area contributed by atoms with E-state index >= 15 is 0 Å². The maximum Gasteiger partial charge on any atom is 0.225 e. The molecule has 1 aliphatic carbocycles. The molecule has 1 aliphatic heterocycles. The highest BCUT2D eigenvalue weighted by Crippen LogP contribution is 2.34. The summed E-state index contributed by atoms with van der Waals surface area (Å²) < 4.78 is 0. The predicted octanol–water partition coefficient (Wildman–Crippen LogP) is 4.07. The third-order valence-electron chi connectivity index (χ3n) is 6.16. The molecule has 1 aromatic carbocycles. The molecule has 0 spiro atoms. The Balaban J connectivity index is 1.37. The average molecular weight is 434 g/mol. The fourth-order valence-corrected chi connectivity index (χ4v) is 4.77. The van der Waals surface area contributed by atoms with Gasteiger partial charge in [0.2, 0.25) is 5.95 Å². The zero-order chi connectivity index (χ0) is 21.4. The second-order valence-electron chi connectivity index (χ2n) is 8.18. The summed E-state index contributed by atoms with van der Waals surface area (Å²) in [7, 11) is 0. The molecule has 0 N–H and O–H groups in total. The van der Waals surface area contributed by atoms with Crippen LogP contribution in [0.15, 0.2) is 48.7 Å². The third-order valence-corrected chi connectivity index (χ3v) is 6.39. The Bertz CT molecular complexity index is 1110. The number of pyridine rings is 1. The average Bonchev–Trinajstić information content (AvgIpc) is 2.79. The van der Waals surface area contributed by atoms with Gasteiger partial charge in [0.25, 0.3) is 0 Å². The summed E-state index contributed by atoms with van der Waals surface area (Å²) in [5, 5.41) is 0.695.